The second-order valence-corrected chi connectivity index (χ2v) is 4.74. The fourth-order valence-corrected chi connectivity index (χ4v) is 1.98. The van der Waals surface area contributed by atoms with Crippen LogP contribution in [0.15, 0.2) is 12.1 Å². The van der Waals surface area contributed by atoms with Crippen LogP contribution in [0.4, 0.5) is 0 Å². The monoisotopic (exact) mass is 316 g/mol. The number of hydrogen-bond acceptors (Lipinski definition) is 6. The topological polar surface area (TPSA) is 92.3 Å². The Kier molecular flexibility index (Phi) is 8.02. The van der Waals surface area contributed by atoms with Crippen molar-refractivity contribution < 1.29 is 19.0 Å². The van der Waals surface area contributed by atoms with Crippen molar-refractivity contribution in [1.82, 2.24) is 0 Å². The van der Waals surface area contributed by atoms with Gasteiger partial charge >= 0.3 is 5.97 Å². The second-order valence-electron chi connectivity index (χ2n) is 4.74. The van der Waals surface area contributed by atoms with E-state index < -0.39 is 0 Å². The first-order valence-electron chi connectivity index (χ1n) is 7.46. The van der Waals surface area contributed by atoms with E-state index in [0.717, 1.165) is 19.3 Å². The molecule has 0 saturated heterocycles. The first kappa shape index (κ1) is 18.3. The van der Waals surface area contributed by atoms with E-state index >= 15 is 0 Å². The van der Waals surface area contributed by atoms with E-state index in [1.807, 2.05) is 12.1 Å². The highest BCUT2D eigenvalue weighted by Crippen LogP contribution is 2.30. The van der Waals surface area contributed by atoms with Crippen LogP contribution in [-0.2, 0) is 9.53 Å². The van der Waals surface area contributed by atoms with Crippen LogP contribution >= 0.6 is 0 Å². The molecule has 0 saturated carbocycles. The third-order valence-electron chi connectivity index (χ3n) is 3.13. The summed E-state index contributed by atoms with van der Waals surface area (Å²) in [4.78, 5) is 11.2. The summed E-state index contributed by atoms with van der Waals surface area (Å²) in [5.41, 5.74) is 0.511. The average Bonchev–Trinajstić information content (AvgIpc) is 2.57. The Morgan fingerprint density at radius 1 is 1.09 bits per heavy atom. The van der Waals surface area contributed by atoms with Crippen LogP contribution in [0.3, 0.4) is 0 Å². The molecule has 0 aliphatic carbocycles. The molecule has 0 unspecified atom stereocenters. The molecule has 0 fully saturated rings. The molecule has 0 amide bonds. The number of benzene rings is 1. The van der Waals surface area contributed by atoms with Gasteiger partial charge in [0.05, 0.1) is 31.5 Å². The summed E-state index contributed by atoms with van der Waals surface area (Å²) < 4.78 is 15.7. The lowest BCUT2D eigenvalue weighted by atomic mass is 10.1. The maximum atomic E-state index is 11.2. The fourth-order valence-electron chi connectivity index (χ4n) is 1.98. The van der Waals surface area contributed by atoms with E-state index in [4.69, 9.17) is 24.7 Å². The lowest BCUT2D eigenvalue weighted by molar-refractivity contribution is -0.143. The smallest absolute Gasteiger partial charge is 0.305 e. The van der Waals surface area contributed by atoms with E-state index in [1.54, 1.807) is 6.92 Å². The van der Waals surface area contributed by atoms with E-state index in [0.29, 0.717) is 31.1 Å². The van der Waals surface area contributed by atoms with Crippen LogP contribution < -0.4 is 9.47 Å². The van der Waals surface area contributed by atoms with Crippen LogP contribution in [0.5, 0.6) is 11.5 Å². The number of carbonyl (C=O) groups is 1. The Balaban J connectivity index is 2.47. The maximum Gasteiger partial charge on any atom is 0.305 e. The Bertz CT molecular complexity index is 614. The number of hydrogen-bond donors (Lipinski definition) is 0. The van der Waals surface area contributed by atoms with Crippen LogP contribution in [0.2, 0.25) is 0 Å². The van der Waals surface area contributed by atoms with Gasteiger partial charge in [-0.25, -0.2) is 0 Å². The third kappa shape index (κ3) is 5.88. The first-order chi connectivity index (χ1) is 11.2. The van der Waals surface area contributed by atoms with Gasteiger partial charge < -0.3 is 14.2 Å². The van der Waals surface area contributed by atoms with Gasteiger partial charge in [0.25, 0.3) is 0 Å². The molecular weight excluding hydrogens is 296 g/mol. The quantitative estimate of drug-likeness (QED) is 0.513. The highest BCUT2D eigenvalue weighted by molar-refractivity contribution is 5.69. The number of carbonyl (C=O) groups excluding carboxylic acids is 1. The minimum atomic E-state index is -0.180. The zero-order chi connectivity index (χ0) is 17.1. The number of nitrogens with zero attached hydrogens (tertiary/aromatic N) is 2. The normalized spacial score (nSPS) is 9.57. The molecule has 0 radical (unpaired) electrons. The molecule has 122 valence electrons. The Morgan fingerprint density at radius 2 is 1.74 bits per heavy atom. The highest BCUT2D eigenvalue weighted by atomic mass is 16.5. The molecule has 1 rings (SSSR count). The fraction of sp³-hybridized carbons (Fsp3) is 0.471. The van der Waals surface area contributed by atoms with Crippen LogP contribution in [0, 0.1) is 22.7 Å². The number of unbranched alkanes of at least 4 members (excludes halogenated alkanes) is 2. The lowest BCUT2D eigenvalue weighted by Gasteiger charge is -2.11. The maximum absolute atomic E-state index is 11.2. The molecule has 23 heavy (non-hydrogen) atoms. The van der Waals surface area contributed by atoms with Crippen molar-refractivity contribution in [3.8, 4) is 23.6 Å². The van der Waals surface area contributed by atoms with Crippen molar-refractivity contribution >= 4 is 5.97 Å². The third-order valence-corrected chi connectivity index (χ3v) is 3.13. The standard InChI is InChI=1S/C17H20N2O4/c1-3-22-17(20)7-5-4-6-8-23-16-10-14(12-19)13(11-18)9-15(16)21-2/h9-10H,3-8H2,1-2H3. The zero-order valence-corrected chi connectivity index (χ0v) is 13.4. The largest absolute Gasteiger partial charge is 0.493 e. The minimum absolute atomic E-state index is 0.180. The Labute approximate surface area is 136 Å². The minimum Gasteiger partial charge on any atom is -0.493 e. The summed E-state index contributed by atoms with van der Waals surface area (Å²) in [7, 11) is 1.48. The van der Waals surface area contributed by atoms with Crippen LogP contribution in [0.1, 0.15) is 43.7 Å². The van der Waals surface area contributed by atoms with Crippen LogP contribution in [0.25, 0.3) is 0 Å². The van der Waals surface area contributed by atoms with Crippen LogP contribution in [-0.4, -0.2) is 26.3 Å². The predicted molar refractivity (Wildman–Crippen MR) is 83.0 cm³/mol. The summed E-state index contributed by atoms with van der Waals surface area (Å²) in [5, 5.41) is 18.0. The van der Waals surface area contributed by atoms with Gasteiger partial charge in [0.2, 0.25) is 0 Å². The SMILES string of the molecule is CCOC(=O)CCCCCOc1cc(C#N)c(C#N)cc1OC. The molecule has 0 spiro atoms. The van der Waals surface area contributed by atoms with Gasteiger partial charge in [0, 0.05) is 18.6 Å². The molecule has 0 heterocycles. The van der Waals surface area contributed by atoms with Gasteiger partial charge in [-0.3, -0.25) is 4.79 Å². The molecule has 1 aromatic carbocycles. The second kappa shape index (κ2) is 10.1. The molecule has 0 aliphatic rings. The van der Waals surface area contributed by atoms with E-state index in [2.05, 4.69) is 0 Å². The first-order valence-corrected chi connectivity index (χ1v) is 7.46. The van der Waals surface area contributed by atoms with E-state index in [-0.39, 0.29) is 17.1 Å². The van der Waals surface area contributed by atoms with Crippen molar-refractivity contribution in [2.75, 3.05) is 20.3 Å². The van der Waals surface area contributed by atoms with Gasteiger partial charge in [-0.15, -0.1) is 0 Å². The predicted octanol–water partition coefficient (Wildman–Crippen LogP) is 2.94. The average molecular weight is 316 g/mol. The van der Waals surface area contributed by atoms with Gasteiger partial charge in [-0.05, 0) is 26.2 Å². The number of ether oxygens (including phenoxy) is 3. The molecule has 6 heteroatoms. The van der Waals surface area contributed by atoms with E-state index in [1.165, 1.54) is 19.2 Å². The Morgan fingerprint density at radius 3 is 2.30 bits per heavy atom. The number of rotatable bonds is 9. The summed E-state index contributed by atoms with van der Waals surface area (Å²) >= 11 is 0. The highest BCUT2D eigenvalue weighted by Gasteiger charge is 2.11. The summed E-state index contributed by atoms with van der Waals surface area (Å²) in [6.45, 7) is 2.63. The van der Waals surface area contributed by atoms with Crippen molar-refractivity contribution in [3.05, 3.63) is 23.3 Å². The molecule has 1 aromatic rings. The van der Waals surface area contributed by atoms with Crippen molar-refractivity contribution in [3.63, 3.8) is 0 Å². The summed E-state index contributed by atoms with van der Waals surface area (Å²) in [6, 6.07) is 6.92. The Hall–Kier alpha value is -2.73. The molecule has 0 aliphatic heterocycles. The summed E-state index contributed by atoms with van der Waals surface area (Å²) in [6.07, 6.45) is 2.76. The molecule has 0 aromatic heterocycles. The van der Waals surface area contributed by atoms with E-state index in [9.17, 15) is 4.79 Å². The number of nitriles is 2. The van der Waals surface area contributed by atoms with Gasteiger partial charge in [0.15, 0.2) is 11.5 Å². The molecule has 0 N–H and O–H groups in total. The zero-order valence-electron chi connectivity index (χ0n) is 13.4. The summed E-state index contributed by atoms with van der Waals surface area (Å²) in [5.74, 6) is 0.682. The van der Waals surface area contributed by atoms with Gasteiger partial charge in [-0.2, -0.15) is 10.5 Å². The molecule has 6 nitrogen and oxygen atoms in total. The number of methoxy groups -OCH3 is 1. The lowest BCUT2D eigenvalue weighted by Crippen LogP contribution is -2.04. The van der Waals surface area contributed by atoms with Crippen molar-refractivity contribution in [2.45, 2.75) is 32.6 Å². The van der Waals surface area contributed by atoms with Gasteiger partial charge in [-0.1, -0.05) is 0 Å². The van der Waals surface area contributed by atoms with Crippen molar-refractivity contribution in [1.29, 1.82) is 10.5 Å². The van der Waals surface area contributed by atoms with Gasteiger partial charge in [0.1, 0.15) is 12.1 Å². The molecule has 0 bridgehead atoms. The molecule has 0 atom stereocenters. The molecular formula is C17H20N2O4. The number of esters is 1. The van der Waals surface area contributed by atoms with Crippen molar-refractivity contribution in [2.24, 2.45) is 0 Å².